The molecule has 2 amide bonds. The fraction of sp³-hybridized carbons (Fsp3) is 0.467. The van der Waals surface area contributed by atoms with Gasteiger partial charge in [-0.1, -0.05) is 52.8 Å². The zero-order chi connectivity index (χ0) is 30.3. The highest BCUT2D eigenvalue weighted by Crippen LogP contribution is 2.48. The van der Waals surface area contributed by atoms with Crippen LogP contribution in [0, 0.1) is 11.8 Å². The number of amides is 2. The van der Waals surface area contributed by atoms with Crippen LogP contribution in [0.2, 0.25) is 0 Å². The quantitative estimate of drug-likeness (QED) is 0.245. The highest BCUT2D eigenvalue weighted by atomic mass is 31.1. The zero-order valence-electron chi connectivity index (χ0n) is 24.2. The van der Waals surface area contributed by atoms with Crippen molar-refractivity contribution in [2.24, 2.45) is 17.6 Å². The second kappa shape index (κ2) is 14.5. The van der Waals surface area contributed by atoms with E-state index in [1.54, 1.807) is 38.3 Å². The molecule has 0 radical (unpaired) electrons. The van der Waals surface area contributed by atoms with Crippen LogP contribution in [0.3, 0.4) is 0 Å². The van der Waals surface area contributed by atoms with Crippen molar-refractivity contribution >= 4 is 32.1 Å². The van der Waals surface area contributed by atoms with Crippen molar-refractivity contribution in [3.05, 3.63) is 70.9 Å². The minimum Gasteiger partial charge on any atom is -0.438 e. The van der Waals surface area contributed by atoms with Crippen LogP contribution in [0.25, 0.3) is 0 Å². The SMILES string of the molecule is C=CCNC1=C2C[C@H](C)C[C@@H](OC)[C@H]3PC(=C[C@H]3C)[C@@H](OC(N)=O)[C@H](OC)/C=C\C=C(/C)C(=O)NC(=CC1=O)C2=O. The van der Waals surface area contributed by atoms with E-state index in [2.05, 4.69) is 30.2 Å². The molecule has 4 N–H and O–H groups in total. The van der Waals surface area contributed by atoms with Crippen LogP contribution in [0.1, 0.15) is 33.6 Å². The molecule has 10 nitrogen and oxygen atoms in total. The number of primary amides is 1. The molecule has 0 aromatic rings. The second-order valence-electron chi connectivity index (χ2n) is 10.5. The number of rotatable bonds is 6. The van der Waals surface area contributed by atoms with Crippen LogP contribution in [-0.4, -0.2) is 68.3 Å². The molecule has 2 aliphatic heterocycles. The monoisotopic (exact) mass is 585 g/mol. The number of carbonyl (C=O) groups excluding carboxylic acids is 4. The van der Waals surface area contributed by atoms with E-state index in [1.807, 2.05) is 6.92 Å². The number of hydrogen-bond acceptors (Lipinski definition) is 8. The maximum absolute atomic E-state index is 13.6. The number of allylic oxidation sites excluding steroid dienone is 5. The molecule has 3 aliphatic rings. The Morgan fingerprint density at radius 2 is 1.98 bits per heavy atom. The second-order valence-corrected chi connectivity index (χ2v) is 12.0. The van der Waals surface area contributed by atoms with Crippen molar-refractivity contribution in [3.8, 4) is 0 Å². The molecule has 2 heterocycles. The molecule has 7 atom stereocenters. The summed E-state index contributed by atoms with van der Waals surface area (Å²) in [7, 11) is 3.44. The van der Waals surface area contributed by atoms with Gasteiger partial charge in [-0.2, -0.15) is 0 Å². The van der Waals surface area contributed by atoms with Crippen LogP contribution >= 0.6 is 8.58 Å². The van der Waals surface area contributed by atoms with Crippen molar-refractivity contribution in [2.75, 3.05) is 20.8 Å². The van der Waals surface area contributed by atoms with Gasteiger partial charge in [-0.25, -0.2) is 4.79 Å². The van der Waals surface area contributed by atoms with Gasteiger partial charge in [-0.15, -0.1) is 6.58 Å². The summed E-state index contributed by atoms with van der Waals surface area (Å²) in [6.07, 6.45) is 8.12. The Labute approximate surface area is 243 Å². The summed E-state index contributed by atoms with van der Waals surface area (Å²) in [5.74, 6) is -1.25. The van der Waals surface area contributed by atoms with Gasteiger partial charge in [0.15, 0.2) is 6.10 Å². The number of ether oxygens (including phenoxy) is 3. The van der Waals surface area contributed by atoms with Crippen LogP contribution in [0.5, 0.6) is 0 Å². The summed E-state index contributed by atoms with van der Waals surface area (Å²) in [6.45, 7) is 9.68. The van der Waals surface area contributed by atoms with Gasteiger partial charge in [0.25, 0.3) is 5.91 Å². The van der Waals surface area contributed by atoms with Gasteiger partial charge in [0, 0.05) is 43.6 Å². The lowest BCUT2D eigenvalue weighted by atomic mass is 9.86. The Morgan fingerprint density at radius 1 is 1.24 bits per heavy atom. The van der Waals surface area contributed by atoms with Gasteiger partial charge < -0.3 is 30.6 Å². The highest BCUT2D eigenvalue weighted by Gasteiger charge is 2.39. The van der Waals surface area contributed by atoms with E-state index in [0.717, 1.165) is 11.4 Å². The van der Waals surface area contributed by atoms with E-state index in [1.165, 1.54) is 7.11 Å². The fourth-order valence-electron chi connectivity index (χ4n) is 5.28. The maximum atomic E-state index is 13.6. The van der Waals surface area contributed by atoms with Gasteiger partial charge in [-0.3, -0.25) is 14.4 Å². The fourth-order valence-corrected chi connectivity index (χ4v) is 7.22. The van der Waals surface area contributed by atoms with E-state index in [-0.39, 0.29) is 49.4 Å². The lowest BCUT2D eigenvalue weighted by Gasteiger charge is -2.30. The summed E-state index contributed by atoms with van der Waals surface area (Å²) in [5.41, 5.74) is 6.29. The predicted molar refractivity (Wildman–Crippen MR) is 158 cm³/mol. The number of ketones is 2. The molecule has 1 unspecified atom stereocenters. The van der Waals surface area contributed by atoms with E-state index < -0.39 is 30.0 Å². The predicted octanol–water partition coefficient (Wildman–Crippen LogP) is 3.18. The van der Waals surface area contributed by atoms with Gasteiger partial charge in [0.05, 0.1) is 17.5 Å². The zero-order valence-corrected chi connectivity index (χ0v) is 25.2. The average molecular weight is 586 g/mol. The number of methoxy groups -OCH3 is 2. The minimum absolute atomic E-state index is 0.0452. The molecular formula is C30H40N3O7P. The Hall–Kier alpha value is -3.33. The summed E-state index contributed by atoms with van der Waals surface area (Å²) < 4.78 is 17.2. The van der Waals surface area contributed by atoms with Gasteiger partial charge >= 0.3 is 6.09 Å². The summed E-state index contributed by atoms with van der Waals surface area (Å²) >= 11 is 0. The molecule has 0 aromatic heterocycles. The highest BCUT2D eigenvalue weighted by molar-refractivity contribution is 7.44. The number of nitrogens with two attached hydrogens (primary N) is 1. The Morgan fingerprint density at radius 3 is 2.61 bits per heavy atom. The molecule has 0 aromatic carbocycles. The topological polar surface area (TPSA) is 146 Å². The van der Waals surface area contributed by atoms with Crippen LogP contribution in [0.15, 0.2) is 70.9 Å². The number of carbonyl (C=O) groups is 4. The van der Waals surface area contributed by atoms with E-state index in [4.69, 9.17) is 19.9 Å². The van der Waals surface area contributed by atoms with Crippen molar-refractivity contribution in [3.63, 3.8) is 0 Å². The molecular weight excluding hydrogens is 545 g/mol. The number of Topliss-reactive ketones (excluding diaryl/α,β-unsaturated/α-hetero) is 1. The molecule has 0 spiro atoms. The standard InChI is InChI=1S/C30H40N3O7P/c1-7-11-32-25-19-12-16(2)13-23(39-6)28-18(4)14-24(41-28)27(40-30(31)37)22(38-5)10-8-9-17(3)29(36)33-20(26(19)35)15-21(25)34/h7-10,14-16,18,22-23,27-28,32,41H,1,11-13H2,2-6H3,(H2,31,37)(H,33,36)/b10-8-,17-9+/t16-,18+,22+,23+,27-,28-/m0/s1. The Kier molecular flexibility index (Phi) is 11.4. The first-order chi connectivity index (χ1) is 19.5. The first-order valence-electron chi connectivity index (χ1n) is 13.6. The third-order valence-electron chi connectivity index (χ3n) is 7.37. The van der Waals surface area contributed by atoms with Crippen LogP contribution < -0.4 is 16.4 Å². The largest absolute Gasteiger partial charge is 0.438 e. The maximum Gasteiger partial charge on any atom is 0.405 e. The number of nitrogens with one attached hydrogen (secondary N) is 2. The lowest BCUT2D eigenvalue weighted by Crippen LogP contribution is -2.36. The van der Waals surface area contributed by atoms with Crippen molar-refractivity contribution in [1.82, 2.24) is 10.6 Å². The summed E-state index contributed by atoms with van der Waals surface area (Å²) in [5, 5.41) is 6.51. The normalized spacial score (nSPS) is 32.1. The van der Waals surface area contributed by atoms with Crippen LogP contribution in [-0.2, 0) is 28.6 Å². The molecule has 11 heteroatoms. The summed E-state index contributed by atoms with van der Waals surface area (Å²) in [6, 6.07) is 0. The molecule has 222 valence electrons. The Bertz CT molecular complexity index is 1230. The van der Waals surface area contributed by atoms with Gasteiger partial charge in [0.2, 0.25) is 11.6 Å². The first kappa shape index (κ1) is 32.2. The lowest BCUT2D eigenvalue weighted by molar-refractivity contribution is -0.120. The van der Waals surface area contributed by atoms with Crippen molar-refractivity contribution in [2.45, 2.75) is 57.6 Å². The smallest absolute Gasteiger partial charge is 0.405 e. The van der Waals surface area contributed by atoms with Gasteiger partial charge in [0.1, 0.15) is 6.10 Å². The first-order valence-corrected chi connectivity index (χ1v) is 14.6. The van der Waals surface area contributed by atoms with Crippen LogP contribution in [0.4, 0.5) is 4.79 Å². The molecule has 41 heavy (non-hydrogen) atoms. The van der Waals surface area contributed by atoms with Gasteiger partial charge in [-0.05, 0) is 36.9 Å². The van der Waals surface area contributed by atoms with E-state index in [0.29, 0.717) is 30.5 Å². The molecule has 0 saturated heterocycles. The molecule has 0 fully saturated rings. The minimum atomic E-state index is -0.911. The van der Waals surface area contributed by atoms with Crippen molar-refractivity contribution < 1.29 is 33.4 Å². The number of hydrogen-bond donors (Lipinski definition) is 3. The van der Waals surface area contributed by atoms with E-state index in [9.17, 15) is 19.2 Å². The average Bonchev–Trinajstić information content (AvgIpc) is 3.31. The molecule has 0 saturated carbocycles. The van der Waals surface area contributed by atoms with E-state index >= 15 is 0 Å². The molecule has 3 rings (SSSR count). The molecule has 1 aliphatic carbocycles. The third-order valence-corrected chi connectivity index (χ3v) is 9.39. The molecule has 4 bridgehead atoms. The number of fused-ring (bicyclic) bond motifs is 4. The summed E-state index contributed by atoms with van der Waals surface area (Å²) in [4.78, 5) is 51.5. The Balaban J connectivity index is 2.07. The third kappa shape index (κ3) is 7.91. The van der Waals surface area contributed by atoms with Crippen molar-refractivity contribution in [1.29, 1.82) is 0 Å².